The van der Waals surface area contributed by atoms with E-state index in [4.69, 9.17) is 0 Å². The predicted octanol–water partition coefficient (Wildman–Crippen LogP) is 2.25. The highest BCUT2D eigenvalue weighted by Gasteiger charge is 1.99. The molecule has 0 aliphatic rings. The van der Waals surface area contributed by atoms with Crippen LogP contribution in [0, 0.1) is 13.8 Å². The van der Waals surface area contributed by atoms with Crippen LogP contribution in [0.2, 0.25) is 0 Å². The lowest BCUT2D eigenvalue weighted by Gasteiger charge is -2.01. The Balaban J connectivity index is 2.94. The third kappa shape index (κ3) is 0.961. The molecule has 0 amide bonds. The van der Waals surface area contributed by atoms with E-state index in [1.807, 2.05) is 31.6 Å². The lowest BCUT2D eigenvalue weighted by molar-refractivity contribution is 1.25. The molecule has 2 heterocycles. The van der Waals surface area contributed by atoms with Gasteiger partial charge in [-0.15, -0.1) is 0 Å². The Bertz CT molecular complexity index is 380. The maximum Gasteiger partial charge on any atom is 0.0764 e. The van der Waals surface area contributed by atoms with Crippen LogP contribution >= 0.6 is 0 Å². The molecule has 0 aliphatic carbocycles. The number of pyridine rings is 2. The minimum Gasteiger partial charge on any atom is -0.264 e. The molecule has 2 aromatic heterocycles. The summed E-state index contributed by atoms with van der Waals surface area (Å²) in [4.78, 5) is 8.43. The molecule has 2 nitrogen and oxygen atoms in total. The van der Waals surface area contributed by atoms with E-state index < -0.39 is 0 Å². The molecule has 0 radical (unpaired) electrons. The summed E-state index contributed by atoms with van der Waals surface area (Å²) < 4.78 is 0. The largest absolute Gasteiger partial charge is 0.264 e. The van der Waals surface area contributed by atoms with E-state index in [0.29, 0.717) is 0 Å². The third-order valence-corrected chi connectivity index (χ3v) is 2.05. The average Bonchev–Trinajstić information content (AvgIpc) is 2.07. The van der Waals surface area contributed by atoms with Gasteiger partial charge in [0.2, 0.25) is 0 Å². The number of hydrogen-bond donors (Lipinski definition) is 0. The second kappa shape index (κ2) is 2.55. The van der Waals surface area contributed by atoms with Gasteiger partial charge >= 0.3 is 0 Å². The first-order chi connectivity index (χ1) is 5.79. The van der Waals surface area contributed by atoms with Gasteiger partial charge in [0, 0.05) is 24.0 Å². The zero-order valence-corrected chi connectivity index (χ0v) is 7.20. The Morgan fingerprint density at radius 3 is 2.67 bits per heavy atom. The van der Waals surface area contributed by atoms with Crippen molar-refractivity contribution >= 4 is 10.9 Å². The molecule has 0 fully saturated rings. The number of aryl methyl sites for hydroxylation is 2. The molecule has 0 saturated carbocycles. The van der Waals surface area contributed by atoms with Gasteiger partial charge in [0.1, 0.15) is 0 Å². The van der Waals surface area contributed by atoms with Crippen LogP contribution in [0.3, 0.4) is 0 Å². The van der Waals surface area contributed by atoms with Crippen LogP contribution in [0.1, 0.15) is 11.1 Å². The van der Waals surface area contributed by atoms with Crippen molar-refractivity contribution in [1.29, 1.82) is 0 Å². The number of rotatable bonds is 0. The van der Waals surface area contributed by atoms with Gasteiger partial charge in [-0.25, -0.2) is 0 Å². The Morgan fingerprint density at radius 2 is 1.92 bits per heavy atom. The van der Waals surface area contributed by atoms with Crippen LogP contribution in [0.5, 0.6) is 0 Å². The van der Waals surface area contributed by atoms with E-state index in [1.165, 1.54) is 5.56 Å². The Kier molecular flexibility index (Phi) is 1.54. The first-order valence-electron chi connectivity index (χ1n) is 3.95. The topological polar surface area (TPSA) is 25.8 Å². The summed E-state index contributed by atoms with van der Waals surface area (Å²) in [6, 6.07) is 2.00. The number of aromatic nitrogens is 2. The maximum atomic E-state index is 4.30. The molecule has 12 heavy (non-hydrogen) atoms. The van der Waals surface area contributed by atoms with Gasteiger partial charge in [-0.05, 0) is 31.0 Å². The van der Waals surface area contributed by atoms with Crippen LogP contribution < -0.4 is 0 Å². The summed E-state index contributed by atoms with van der Waals surface area (Å²) in [6.45, 7) is 4.10. The van der Waals surface area contributed by atoms with E-state index in [0.717, 1.165) is 16.5 Å². The zero-order chi connectivity index (χ0) is 8.55. The van der Waals surface area contributed by atoms with Crippen LogP contribution in [0.4, 0.5) is 0 Å². The molecule has 2 heteroatoms. The first-order valence-corrected chi connectivity index (χ1v) is 3.95. The fourth-order valence-corrected chi connectivity index (χ4v) is 1.33. The SMILES string of the molecule is Cc1ccnc2c(C)cncc12. The first kappa shape index (κ1) is 7.22. The van der Waals surface area contributed by atoms with Gasteiger partial charge < -0.3 is 0 Å². The Morgan fingerprint density at radius 1 is 1.08 bits per heavy atom. The van der Waals surface area contributed by atoms with Crippen molar-refractivity contribution in [2.75, 3.05) is 0 Å². The summed E-state index contributed by atoms with van der Waals surface area (Å²) in [5, 5.41) is 1.15. The van der Waals surface area contributed by atoms with Gasteiger partial charge in [0.15, 0.2) is 0 Å². The molecule has 0 N–H and O–H groups in total. The molecular weight excluding hydrogens is 148 g/mol. The highest BCUT2D eigenvalue weighted by atomic mass is 14.7. The molecule has 0 aromatic carbocycles. The molecular formula is C10H10N2. The molecule has 0 atom stereocenters. The highest BCUT2D eigenvalue weighted by Crippen LogP contribution is 2.16. The molecule has 0 bridgehead atoms. The smallest absolute Gasteiger partial charge is 0.0764 e. The van der Waals surface area contributed by atoms with E-state index in [9.17, 15) is 0 Å². The minimum absolute atomic E-state index is 1.06. The Labute approximate surface area is 71.3 Å². The van der Waals surface area contributed by atoms with Gasteiger partial charge in [-0.3, -0.25) is 9.97 Å². The summed E-state index contributed by atoms with van der Waals surface area (Å²) in [7, 11) is 0. The normalized spacial score (nSPS) is 10.5. The van der Waals surface area contributed by atoms with Crippen molar-refractivity contribution < 1.29 is 0 Å². The van der Waals surface area contributed by atoms with Crippen LogP contribution in [-0.2, 0) is 0 Å². The molecule has 0 spiro atoms. The molecule has 60 valence electrons. The number of fused-ring (bicyclic) bond motifs is 1. The van der Waals surface area contributed by atoms with Crippen LogP contribution in [0.15, 0.2) is 24.7 Å². The third-order valence-electron chi connectivity index (χ3n) is 2.05. The van der Waals surface area contributed by atoms with Crippen LogP contribution in [0.25, 0.3) is 10.9 Å². The molecule has 0 aliphatic heterocycles. The summed E-state index contributed by atoms with van der Waals surface area (Å²) in [6.07, 6.45) is 5.55. The second-order valence-electron chi connectivity index (χ2n) is 2.98. The van der Waals surface area contributed by atoms with Gasteiger partial charge in [0.05, 0.1) is 5.52 Å². The maximum absolute atomic E-state index is 4.30. The Hall–Kier alpha value is -1.44. The molecule has 2 aromatic rings. The van der Waals surface area contributed by atoms with Crippen molar-refractivity contribution in [3.8, 4) is 0 Å². The van der Waals surface area contributed by atoms with E-state index in [-0.39, 0.29) is 0 Å². The van der Waals surface area contributed by atoms with Gasteiger partial charge in [-0.2, -0.15) is 0 Å². The fraction of sp³-hybridized carbons (Fsp3) is 0.200. The molecule has 0 unspecified atom stereocenters. The van der Waals surface area contributed by atoms with Crippen molar-refractivity contribution in [2.24, 2.45) is 0 Å². The summed E-state index contributed by atoms with van der Waals surface area (Å²) in [5.41, 5.74) is 3.43. The quantitative estimate of drug-likeness (QED) is 0.587. The summed E-state index contributed by atoms with van der Waals surface area (Å²) >= 11 is 0. The van der Waals surface area contributed by atoms with Gasteiger partial charge in [-0.1, -0.05) is 0 Å². The predicted molar refractivity (Wildman–Crippen MR) is 49.0 cm³/mol. The lowest BCUT2D eigenvalue weighted by atomic mass is 10.1. The van der Waals surface area contributed by atoms with Crippen molar-refractivity contribution in [3.63, 3.8) is 0 Å². The number of hydrogen-bond acceptors (Lipinski definition) is 2. The monoisotopic (exact) mass is 158 g/mol. The minimum atomic E-state index is 1.06. The average molecular weight is 158 g/mol. The standard InChI is InChI=1S/C10H10N2/c1-7-3-4-12-10-8(2)5-11-6-9(7)10/h3-6H,1-2H3. The van der Waals surface area contributed by atoms with Crippen molar-refractivity contribution in [3.05, 3.63) is 35.8 Å². The second-order valence-corrected chi connectivity index (χ2v) is 2.98. The zero-order valence-electron chi connectivity index (χ0n) is 7.20. The van der Waals surface area contributed by atoms with E-state index >= 15 is 0 Å². The fourth-order valence-electron chi connectivity index (χ4n) is 1.33. The van der Waals surface area contributed by atoms with Crippen molar-refractivity contribution in [1.82, 2.24) is 9.97 Å². The van der Waals surface area contributed by atoms with E-state index in [1.54, 1.807) is 0 Å². The van der Waals surface area contributed by atoms with Crippen LogP contribution in [-0.4, -0.2) is 9.97 Å². The summed E-state index contributed by atoms with van der Waals surface area (Å²) in [5.74, 6) is 0. The highest BCUT2D eigenvalue weighted by molar-refractivity contribution is 5.83. The van der Waals surface area contributed by atoms with Crippen molar-refractivity contribution in [2.45, 2.75) is 13.8 Å². The number of nitrogens with zero attached hydrogens (tertiary/aromatic N) is 2. The lowest BCUT2D eigenvalue weighted by Crippen LogP contribution is -1.87. The van der Waals surface area contributed by atoms with Gasteiger partial charge in [0.25, 0.3) is 0 Å². The molecule has 2 rings (SSSR count). The molecule has 0 saturated heterocycles. The van der Waals surface area contributed by atoms with E-state index in [2.05, 4.69) is 16.9 Å².